The number of rotatable bonds is 36. The van der Waals surface area contributed by atoms with Crippen LogP contribution in [0.15, 0.2) is 0 Å². The second kappa shape index (κ2) is 26.0. The van der Waals surface area contributed by atoms with Gasteiger partial charge in [-0.1, -0.05) is 26.7 Å². The summed E-state index contributed by atoms with van der Waals surface area (Å²) in [5.74, 6) is 0. The van der Waals surface area contributed by atoms with Crippen LogP contribution in [-0.2, 0) is 49.4 Å². The molecule has 0 saturated heterocycles. The Bertz CT molecular complexity index is 1450. The van der Waals surface area contributed by atoms with Crippen molar-refractivity contribution >= 4 is 119 Å². The lowest BCUT2D eigenvalue weighted by molar-refractivity contribution is 0.0381. The van der Waals surface area contributed by atoms with Crippen LogP contribution in [0.5, 0.6) is 0 Å². The first-order valence-electron chi connectivity index (χ1n) is 25.8. The molecule has 0 aliphatic carbocycles. The summed E-state index contributed by atoms with van der Waals surface area (Å²) in [7, 11) is -33.9. The fourth-order valence-electron chi connectivity index (χ4n) is 10.1. The minimum absolute atomic E-state index is 0.0641. The summed E-state index contributed by atoms with van der Waals surface area (Å²) < 4.78 is 81.6. The van der Waals surface area contributed by atoms with Gasteiger partial charge in [-0.3, -0.25) is 0 Å². The maximum absolute atomic E-state index is 10.7. The third kappa shape index (κ3) is 31.5. The molecule has 2 N–H and O–H groups in total. The van der Waals surface area contributed by atoms with E-state index in [0.717, 1.165) is 37.0 Å². The Morgan fingerprint density at radius 2 is 0.420 bits per heavy atom. The lowest BCUT2D eigenvalue weighted by Crippen LogP contribution is -2.61. The monoisotopic (exact) mass is 1220 g/mol. The van der Waals surface area contributed by atoms with Gasteiger partial charge in [-0.25, -0.2) is 0 Å². The molecule has 0 spiro atoms. The normalized spacial score (nSPS) is 15.7. The van der Waals surface area contributed by atoms with Crippen molar-refractivity contribution in [1.29, 1.82) is 0 Å². The van der Waals surface area contributed by atoms with E-state index in [1.165, 1.54) is 0 Å². The van der Waals surface area contributed by atoms with E-state index in [-0.39, 0.29) is 13.2 Å². The largest absolute Gasteiger partial charge is 0.436 e. The molecule has 0 aromatic rings. The van der Waals surface area contributed by atoms with Gasteiger partial charge in [-0.15, -0.1) is 0 Å². The van der Waals surface area contributed by atoms with Crippen LogP contribution < -0.4 is 0 Å². The second-order valence-electron chi connectivity index (χ2n) is 26.5. The summed E-state index contributed by atoms with van der Waals surface area (Å²) >= 11 is 0. The molecule has 0 bridgehead atoms. The van der Waals surface area contributed by atoms with Crippen molar-refractivity contribution in [3.8, 4) is 0 Å². The fourth-order valence-corrected chi connectivity index (χ4v) is 78.7. The molecule has 0 saturated carbocycles. The van der Waals surface area contributed by atoms with Gasteiger partial charge in [0.05, 0.1) is 13.2 Å². The van der Waals surface area contributed by atoms with E-state index < -0.39 is 124 Å². The Morgan fingerprint density at radius 1 is 0.261 bits per heavy atom. The maximum atomic E-state index is 10.7. The first kappa shape index (κ1) is 71.5. The molecular formula is C41H112O14Si14. The van der Waals surface area contributed by atoms with E-state index in [1.54, 1.807) is 0 Å². The average Bonchev–Trinajstić information content (AvgIpc) is 3.00. The molecule has 0 aromatic carbocycles. The molecule has 0 aliphatic heterocycles. The highest BCUT2D eigenvalue weighted by Gasteiger charge is 2.51. The van der Waals surface area contributed by atoms with Gasteiger partial charge >= 0.3 is 85.6 Å². The molecule has 0 aliphatic rings. The van der Waals surface area contributed by atoms with Crippen LogP contribution in [0.4, 0.5) is 0 Å². The summed E-state index contributed by atoms with van der Waals surface area (Å²) in [5.41, 5.74) is -0.572. The molecule has 0 rings (SSSR count). The smallest absolute Gasteiger partial charge is 0.314 e. The van der Waals surface area contributed by atoms with E-state index in [4.69, 9.17) is 49.4 Å². The average molecular weight is 1220 g/mol. The van der Waals surface area contributed by atoms with Gasteiger partial charge < -0.3 is 59.6 Å². The van der Waals surface area contributed by atoms with Crippen molar-refractivity contribution in [2.75, 3.05) is 13.2 Å². The van der Waals surface area contributed by atoms with E-state index in [1.807, 2.05) is 0 Å². The molecule has 0 radical (unpaired) electrons. The molecule has 14 nitrogen and oxygen atoms in total. The van der Waals surface area contributed by atoms with E-state index in [2.05, 4.69) is 197 Å². The number of hydrogen-bond acceptors (Lipinski definition) is 14. The second-order valence-corrected chi connectivity index (χ2v) is 80.8. The molecule has 0 fully saturated rings. The SMILES string of the molecule is CC[Si](C)(C)O[Si](C)(C)O[Si](C)(C)O[Si](C)(C)O[Si](C)(C)O[Si](C)(C)O[Si](C)(C)CCCC(CO)(CO)CCC[Si](C)(C)O[Si](C)(C)O[Si](C)(C)O[Si](C)(C)O[Si](C)(C)O[Si](C)(C)O[Si](C)(C)CC. The third-order valence-electron chi connectivity index (χ3n) is 11.4. The predicted octanol–water partition coefficient (Wildman–Crippen LogP) is 13.6. The van der Waals surface area contributed by atoms with Gasteiger partial charge in [0, 0.05) is 5.41 Å². The maximum Gasteiger partial charge on any atom is 0.314 e. The summed E-state index contributed by atoms with van der Waals surface area (Å²) in [4.78, 5) is 0. The van der Waals surface area contributed by atoms with Crippen LogP contribution in [0, 0.1) is 5.41 Å². The Morgan fingerprint density at radius 3 is 0.580 bits per heavy atom. The standard InChI is InChI=1S/C41H112O14Si14/c1-31-56(3,4)44-60(11,12)48-64(19,20)52-68(27,28)54-66(23,24)50-62(15,16)46-58(7,8)37-33-35-41(39-42,40-43)36-34-38-59(9,10)47-63(17,18)51-67(25,26)55-69(29,30)53-65(21,22)49-61(13,14)45-57(5,6)32-2/h42-43H,31-40H2,1-30H3. The zero-order chi connectivity index (χ0) is 55.1. The summed E-state index contributed by atoms with van der Waals surface area (Å²) in [6.07, 6.45) is 3.13. The highest BCUT2D eigenvalue weighted by atomic mass is 28.5. The van der Waals surface area contributed by atoms with Gasteiger partial charge in [-0.2, -0.15) is 0 Å². The first-order chi connectivity index (χ1) is 30.1. The number of aliphatic hydroxyl groups is 2. The van der Waals surface area contributed by atoms with Crippen LogP contribution >= 0.6 is 0 Å². The van der Waals surface area contributed by atoms with Crippen molar-refractivity contribution in [2.45, 2.75) is 247 Å². The molecule has 416 valence electrons. The van der Waals surface area contributed by atoms with Crippen molar-refractivity contribution in [2.24, 2.45) is 5.41 Å². The van der Waals surface area contributed by atoms with Gasteiger partial charge in [-0.05, 0) is 220 Å². The third-order valence-corrected chi connectivity index (χ3v) is 66.1. The minimum Gasteiger partial charge on any atom is -0.436 e. The Balaban J connectivity index is 5.49. The molecule has 28 heteroatoms. The zero-order valence-electron chi connectivity index (χ0n) is 50.4. The topological polar surface area (TPSA) is 151 Å². The van der Waals surface area contributed by atoms with Gasteiger partial charge in [0.1, 0.15) is 0 Å². The summed E-state index contributed by atoms with van der Waals surface area (Å²) in [6.45, 7) is 64.4. The van der Waals surface area contributed by atoms with Crippen molar-refractivity contribution in [1.82, 2.24) is 0 Å². The lowest BCUT2D eigenvalue weighted by atomic mass is 9.81. The molecular weight excluding hydrogens is 1110 g/mol. The summed E-state index contributed by atoms with van der Waals surface area (Å²) in [6, 6.07) is 3.87. The van der Waals surface area contributed by atoms with Crippen molar-refractivity contribution < 1.29 is 59.6 Å². The van der Waals surface area contributed by atoms with Gasteiger partial charge in [0.15, 0.2) is 33.3 Å². The molecule has 0 amide bonds. The van der Waals surface area contributed by atoms with E-state index in [9.17, 15) is 10.2 Å². The zero-order valence-corrected chi connectivity index (χ0v) is 64.4. The van der Waals surface area contributed by atoms with Crippen LogP contribution in [0.25, 0.3) is 0 Å². The predicted molar refractivity (Wildman–Crippen MR) is 323 cm³/mol. The van der Waals surface area contributed by atoms with E-state index in [0.29, 0.717) is 12.8 Å². The van der Waals surface area contributed by atoms with Gasteiger partial charge in [0.2, 0.25) is 0 Å². The Kier molecular flexibility index (Phi) is 26.9. The van der Waals surface area contributed by atoms with Crippen molar-refractivity contribution in [3.05, 3.63) is 0 Å². The summed E-state index contributed by atoms with van der Waals surface area (Å²) in [5, 5.41) is 21.5. The highest BCUT2D eigenvalue weighted by molar-refractivity contribution is 6.93. The van der Waals surface area contributed by atoms with Crippen LogP contribution in [-0.4, -0.2) is 142 Å². The van der Waals surface area contributed by atoms with Gasteiger partial charge in [0.25, 0.3) is 0 Å². The molecule has 0 atom stereocenters. The Hall–Kier alpha value is 2.48. The minimum atomic E-state index is -2.68. The quantitative estimate of drug-likeness (QED) is 0.0573. The van der Waals surface area contributed by atoms with Crippen LogP contribution in [0.2, 0.25) is 207 Å². The van der Waals surface area contributed by atoms with Crippen LogP contribution in [0.1, 0.15) is 39.5 Å². The highest BCUT2D eigenvalue weighted by Crippen LogP contribution is 2.36. The van der Waals surface area contributed by atoms with Crippen molar-refractivity contribution in [3.63, 3.8) is 0 Å². The molecule has 0 heterocycles. The molecule has 0 aromatic heterocycles. The first-order valence-corrected chi connectivity index (χ1v) is 66.4. The molecule has 0 unspecified atom stereocenters. The lowest BCUT2D eigenvalue weighted by Gasteiger charge is -2.44. The molecule has 69 heavy (non-hydrogen) atoms. The fraction of sp³-hybridized carbons (Fsp3) is 1.00. The van der Waals surface area contributed by atoms with E-state index >= 15 is 0 Å². The number of hydrogen-bond donors (Lipinski definition) is 2. The Labute approximate surface area is 441 Å². The van der Waals surface area contributed by atoms with Crippen LogP contribution in [0.3, 0.4) is 0 Å². The number of aliphatic hydroxyl groups excluding tert-OH is 2.